The summed E-state index contributed by atoms with van der Waals surface area (Å²) < 4.78 is 0.727. The monoisotopic (exact) mass is 165 g/mol. The van der Waals surface area contributed by atoms with Crippen LogP contribution in [-0.2, 0) is 0 Å². The van der Waals surface area contributed by atoms with E-state index in [1.807, 2.05) is 13.0 Å². The standard InChI is InChI=1S/C7H7N3S/c1-4-6-5(2-3-8-4)9-10-7(6)11/h2-3H,1H3,(H2,9,10,11). The molecular weight excluding hydrogens is 158 g/mol. The Kier molecular flexibility index (Phi) is 1.29. The molecule has 4 heteroatoms. The van der Waals surface area contributed by atoms with Crippen LogP contribution >= 0.6 is 12.2 Å². The minimum Gasteiger partial charge on any atom is -0.299 e. The maximum absolute atomic E-state index is 5.05. The van der Waals surface area contributed by atoms with Gasteiger partial charge in [0.25, 0.3) is 0 Å². The van der Waals surface area contributed by atoms with Crippen LogP contribution in [0.2, 0.25) is 0 Å². The lowest BCUT2D eigenvalue weighted by Gasteiger charge is -1.90. The van der Waals surface area contributed by atoms with Gasteiger partial charge in [0.05, 0.1) is 10.9 Å². The molecule has 0 fully saturated rings. The van der Waals surface area contributed by atoms with Crippen molar-refractivity contribution in [2.24, 2.45) is 0 Å². The summed E-state index contributed by atoms with van der Waals surface area (Å²) >= 11 is 5.05. The molecule has 0 aliphatic rings. The van der Waals surface area contributed by atoms with E-state index in [2.05, 4.69) is 15.2 Å². The van der Waals surface area contributed by atoms with Gasteiger partial charge in [-0.2, -0.15) is 0 Å². The third-order valence-corrected chi connectivity index (χ3v) is 1.98. The van der Waals surface area contributed by atoms with Gasteiger partial charge >= 0.3 is 0 Å². The van der Waals surface area contributed by atoms with Crippen molar-refractivity contribution in [1.29, 1.82) is 0 Å². The lowest BCUT2D eigenvalue weighted by Crippen LogP contribution is -1.79. The number of rotatable bonds is 0. The van der Waals surface area contributed by atoms with E-state index >= 15 is 0 Å². The molecule has 11 heavy (non-hydrogen) atoms. The number of H-pyrrole nitrogens is 2. The highest BCUT2D eigenvalue weighted by Gasteiger charge is 1.99. The van der Waals surface area contributed by atoms with Crippen LogP contribution in [0.4, 0.5) is 0 Å². The molecule has 0 aliphatic heterocycles. The van der Waals surface area contributed by atoms with Crippen molar-refractivity contribution in [3.8, 4) is 0 Å². The van der Waals surface area contributed by atoms with Crippen molar-refractivity contribution in [2.75, 3.05) is 0 Å². The Morgan fingerprint density at radius 3 is 3.00 bits per heavy atom. The second-order valence-corrected chi connectivity index (χ2v) is 2.81. The number of aromatic amines is 2. The zero-order chi connectivity index (χ0) is 7.84. The number of hydrogen-bond acceptors (Lipinski definition) is 2. The molecule has 2 rings (SSSR count). The zero-order valence-electron chi connectivity index (χ0n) is 6.01. The van der Waals surface area contributed by atoms with Crippen LogP contribution < -0.4 is 0 Å². The Balaban J connectivity index is 3.08. The predicted octanol–water partition coefficient (Wildman–Crippen LogP) is 1.93. The highest BCUT2D eigenvalue weighted by atomic mass is 32.1. The highest BCUT2D eigenvalue weighted by molar-refractivity contribution is 7.71. The number of aromatic nitrogens is 3. The van der Waals surface area contributed by atoms with Gasteiger partial charge in [-0.05, 0) is 13.0 Å². The molecule has 0 saturated carbocycles. The lowest BCUT2D eigenvalue weighted by molar-refractivity contribution is 1.11. The van der Waals surface area contributed by atoms with E-state index < -0.39 is 0 Å². The Labute approximate surface area is 68.5 Å². The van der Waals surface area contributed by atoms with Crippen molar-refractivity contribution in [2.45, 2.75) is 6.92 Å². The van der Waals surface area contributed by atoms with Gasteiger partial charge in [0.15, 0.2) is 0 Å². The first-order chi connectivity index (χ1) is 5.29. The second kappa shape index (κ2) is 2.17. The molecule has 3 nitrogen and oxygen atoms in total. The summed E-state index contributed by atoms with van der Waals surface area (Å²) in [5.74, 6) is 0. The zero-order valence-corrected chi connectivity index (χ0v) is 6.83. The average Bonchev–Trinajstić information content (AvgIpc) is 2.34. The molecular formula is C7H7N3S. The molecule has 0 atom stereocenters. The fraction of sp³-hybridized carbons (Fsp3) is 0.143. The van der Waals surface area contributed by atoms with Crippen molar-refractivity contribution in [3.05, 3.63) is 22.6 Å². The van der Waals surface area contributed by atoms with Crippen molar-refractivity contribution in [1.82, 2.24) is 15.2 Å². The Morgan fingerprint density at radius 1 is 1.45 bits per heavy atom. The summed E-state index contributed by atoms with van der Waals surface area (Å²) in [5, 5.41) is 6.84. The van der Waals surface area contributed by atoms with Crippen LogP contribution in [0.3, 0.4) is 0 Å². The fourth-order valence-electron chi connectivity index (χ4n) is 1.14. The summed E-state index contributed by atoms with van der Waals surface area (Å²) in [4.78, 5) is 4.13. The number of pyridine rings is 1. The summed E-state index contributed by atoms with van der Waals surface area (Å²) in [6.45, 7) is 1.94. The van der Waals surface area contributed by atoms with Crippen LogP contribution in [0.15, 0.2) is 12.3 Å². The average molecular weight is 165 g/mol. The summed E-state index contributed by atoms with van der Waals surface area (Å²) in [6.07, 6.45) is 1.76. The number of fused-ring (bicyclic) bond motifs is 1. The van der Waals surface area contributed by atoms with Crippen LogP contribution in [0.1, 0.15) is 5.69 Å². The molecule has 0 spiro atoms. The first kappa shape index (κ1) is 6.54. The van der Waals surface area contributed by atoms with Crippen LogP contribution in [-0.4, -0.2) is 15.2 Å². The van der Waals surface area contributed by atoms with Crippen LogP contribution in [0.25, 0.3) is 10.9 Å². The van der Waals surface area contributed by atoms with Gasteiger partial charge in [0.1, 0.15) is 4.64 Å². The number of nitrogens with zero attached hydrogens (tertiary/aromatic N) is 1. The van der Waals surface area contributed by atoms with Crippen molar-refractivity contribution >= 4 is 23.1 Å². The summed E-state index contributed by atoms with van der Waals surface area (Å²) in [7, 11) is 0. The van der Waals surface area contributed by atoms with Gasteiger partial charge in [0, 0.05) is 11.9 Å². The molecule has 0 radical (unpaired) electrons. The van der Waals surface area contributed by atoms with Crippen LogP contribution in [0, 0.1) is 11.6 Å². The van der Waals surface area contributed by atoms with Crippen molar-refractivity contribution < 1.29 is 0 Å². The quantitative estimate of drug-likeness (QED) is 0.586. The molecule has 0 amide bonds. The largest absolute Gasteiger partial charge is 0.299 e. The molecule has 0 unspecified atom stereocenters. The smallest absolute Gasteiger partial charge is 0.129 e. The molecule has 0 bridgehead atoms. The van der Waals surface area contributed by atoms with Gasteiger partial charge in [-0.25, -0.2) is 0 Å². The fourth-order valence-corrected chi connectivity index (χ4v) is 1.45. The summed E-state index contributed by atoms with van der Waals surface area (Å²) in [5.41, 5.74) is 1.98. The molecule has 0 saturated heterocycles. The topological polar surface area (TPSA) is 44.5 Å². The summed E-state index contributed by atoms with van der Waals surface area (Å²) in [6, 6.07) is 1.90. The van der Waals surface area contributed by atoms with E-state index in [-0.39, 0.29) is 0 Å². The van der Waals surface area contributed by atoms with E-state index in [1.54, 1.807) is 6.20 Å². The molecule has 0 aromatic carbocycles. The van der Waals surface area contributed by atoms with Gasteiger partial charge in [-0.3, -0.25) is 15.2 Å². The van der Waals surface area contributed by atoms with Crippen molar-refractivity contribution in [3.63, 3.8) is 0 Å². The number of nitrogens with one attached hydrogen (secondary N) is 2. The Morgan fingerprint density at radius 2 is 2.27 bits per heavy atom. The number of aryl methyl sites for hydroxylation is 1. The van der Waals surface area contributed by atoms with Gasteiger partial charge in [-0.15, -0.1) is 0 Å². The van der Waals surface area contributed by atoms with Gasteiger partial charge in [0.2, 0.25) is 0 Å². The Bertz CT molecular complexity index is 440. The molecule has 2 heterocycles. The third kappa shape index (κ3) is 0.867. The minimum atomic E-state index is 0.727. The highest BCUT2D eigenvalue weighted by Crippen LogP contribution is 2.13. The van der Waals surface area contributed by atoms with E-state index in [0.29, 0.717) is 0 Å². The van der Waals surface area contributed by atoms with Crippen LogP contribution in [0.5, 0.6) is 0 Å². The molecule has 2 N–H and O–H groups in total. The molecule has 0 aliphatic carbocycles. The second-order valence-electron chi connectivity index (χ2n) is 2.40. The first-order valence-corrected chi connectivity index (χ1v) is 3.72. The normalized spacial score (nSPS) is 10.6. The van der Waals surface area contributed by atoms with E-state index in [9.17, 15) is 0 Å². The third-order valence-electron chi connectivity index (χ3n) is 1.68. The SMILES string of the molecule is Cc1nccc2[nH][nH]c(=S)c12. The lowest BCUT2D eigenvalue weighted by atomic mass is 10.3. The van der Waals surface area contributed by atoms with Gasteiger partial charge < -0.3 is 0 Å². The van der Waals surface area contributed by atoms with E-state index in [0.717, 1.165) is 21.2 Å². The minimum absolute atomic E-state index is 0.727. The molecule has 56 valence electrons. The van der Waals surface area contributed by atoms with Gasteiger partial charge in [-0.1, -0.05) is 12.2 Å². The Hall–Kier alpha value is -1.16. The van der Waals surface area contributed by atoms with E-state index in [1.165, 1.54) is 0 Å². The maximum Gasteiger partial charge on any atom is 0.129 e. The molecule has 2 aromatic heterocycles. The maximum atomic E-state index is 5.05. The first-order valence-electron chi connectivity index (χ1n) is 3.31. The molecule has 2 aromatic rings. The van der Waals surface area contributed by atoms with E-state index in [4.69, 9.17) is 12.2 Å². The number of hydrogen-bond donors (Lipinski definition) is 2. The predicted molar refractivity (Wildman–Crippen MR) is 46.0 cm³/mol.